The van der Waals surface area contributed by atoms with E-state index >= 15 is 0 Å². The number of aromatic nitrogens is 2. The SMILES string of the molecule is Cc1noc(CCCC(=O)N[C@@H]2CCCC[C@H]2Cc2ccccc2)n1. The van der Waals surface area contributed by atoms with Gasteiger partial charge in [0, 0.05) is 18.9 Å². The molecule has 1 aliphatic rings. The summed E-state index contributed by atoms with van der Waals surface area (Å²) in [6.45, 7) is 1.80. The molecule has 25 heavy (non-hydrogen) atoms. The topological polar surface area (TPSA) is 68.0 Å². The Balaban J connectivity index is 1.46. The normalized spacial score (nSPS) is 20.4. The highest BCUT2D eigenvalue weighted by molar-refractivity contribution is 5.76. The first-order valence-electron chi connectivity index (χ1n) is 9.33. The lowest BCUT2D eigenvalue weighted by molar-refractivity contribution is -0.122. The highest BCUT2D eigenvalue weighted by Crippen LogP contribution is 2.27. The predicted molar refractivity (Wildman–Crippen MR) is 96.0 cm³/mol. The molecule has 2 aromatic rings. The summed E-state index contributed by atoms with van der Waals surface area (Å²) in [6.07, 6.45) is 7.71. The summed E-state index contributed by atoms with van der Waals surface area (Å²) >= 11 is 0. The van der Waals surface area contributed by atoms with Crippen LogP contribution in [0.3, 0.4) is 0 Å². The van der Waals surface area contributed by atoms with E-state index in [4.69, 9.17) is 4.52 Å². The predicted octanol–water partition coefficient (Wildman–Crippen LogP) is 3.62. The van der Waals surface area contributed by atoms with Crippen LogP contribution in [0, 0.1) is 12.8 Å². The highest BCUT2D eigenvalue weighted by atomic mass is 16.5. The molecule has 0 bridgehead atoms. The second kappa shape index (κ2) is 8.79. The Morgan fingerprint density at radius 1 is 1.24 bits per heavy atom. The van der Waals surface area contributed by atoms with Gasteiger partial charge in [0.25, 0.3) is 0 Å². The number of carbonyl (C=O) groups is 1. The van der Waals surface area contributed by atoms with E-state index < -0.39 is 0 Å². The Labute approximate surface area is 149 Å². The molecule has 0 spiro atoms. The minimum atomic E-state index is 0.140. The zero-order valence-corrected chi connectivity index (χ0v) is 14.9. The Hall–Kier alpha value is -2.17. The van der Waals surface area contributed by atoms with Crippen molar-refractivity contribution in [3.63, 3.8) is 0 Å². The molecule has 0 unspecified atom stereocenters. The Bertz CT molecular complexity index is 669. The second-order valence-electron chi connectivity index (χ2n) is 7.00. The summed E-state index contributed by atoms with van der Waals surface area (Å²) in [5, 5.41) is 7.05. The smallest absolute Gasteiger partial charge is 0.226 e. The van der Waals surface area contributed by atoms with Crippen LogP contribution < -0.4 is 5.32 Å². The maximum atomic E-state index is 12.3. The van der Waals surface area contributed by atoms with Gasteiger partial charge in [-0.1, -0.05) is 48.3 Å². The maximum Gasteiger partial charge on any atom is 0.226 e. The highest BCUT2D eigenvalue weighted by Gasteiger charge is 2.26. The molecule has 1 heterocycles. The molecule has 0 radical (unpaired) electrons. The van der Waals surface area contributed by atoms with E-state index in [-0.39, 0.29) is 5.91 Å². The monoisotopic (exact) mass is 341 g/mol. The first-order valence-corrected chi connectivity index (χ1v) is 9.33. The fourth-order valence-electron chi connectivity index (χ4n) is 3.68. The van der Waals surface area contributed by atoms with Crippen LogP contribution in [-0.2, 0) is 17.6 Å². The minimum absolute atomic E-state index is 0.140. The van der Waals surface area contributed by atoms with Gasteiger partial charge in [-0.25, -0.2) is 0 Å². The van der Waals surface area contributed by atoms with E-state index in [1.807, 2.05) is 0 Å². The standard InChI is InChI=1S/C20H27N3O2/c1-15-21-20(25-23-15)13-7-12-19(24)22-18-11-6-5-10-17(18)14-16-8-3-2-4-9-16/h2-4,8-9,17-18H,5-7,10-14H2,1H3,(H,22,24)/t17-,18+/m0/s1. The van der Waals surface area contributed by atoms with E-state index in [0.717, 1.165) is 19.3 Å². The van der Waals surface area contributed by atoms with Gasteiger partial charge < -0.3 is 9.84 Å². The molecule has 1 aromatic heterocycles. The van der Waals surface area contributed by atoms with Gasteiger partial charge in [0.2, 0.25) is 11.8 Å². The van der Waals surface area contributed by atoms with Crippen molar-refractivity contribution in [1.29, 1.82) is 0 Å². The number of amides is 1. The molecule has 5 heteroatoms. The van der Waals surface area contributed by atoms with Crippen molar-refractivity contribution in [2.24, 2.45) is 5.92 Å². The third-order valence-corrected chi connectivity index (χ3v) is 4.96. The summed E-state index contributed by atoms with van der Waals surface area (Å²) in [7, 11) is 0. The largest absolute Gasteiger partial charge is 0.353 e. The summed E-state index contributed by atoms with van der Waals surface area (Å²) in [5.41, 5.74) is 1.36. The summed E-state index contributed by atoms with van der Waals surface area (Å²) in [5.74, 6) is 1.94. The van der Waals surface area contributed by atoms with Crippen molar-refractivity contribution >= 4 is 5.91 Å². The van der Waals surface area contributed by atoms with Crippen LogP contribution in [0.25, 0.3) is 0 Å². The molecule has 5 nitrogen and oxygen atoms in total. The Morgan fingerprint density at radius 2 is 2.04 bits per heavy atom. The molecule has 1 fully saturated rings. The van der Waals surface area contributed by atoms with Crippen LogP contribution in [-0.4, -0.2) is 22.1 Å². The van der Waals surface area contributed by atoms with Crippen LogP contribution in [0.4, 0.5) is 0 Å². The molecule has 1 N–H and O–H groups in total. The molecule has 3 rings (SSSR count). The zero-order valence-electron chi connectivity index (χ0n) is 14.9. The number of hydrogen-bond donors (Lipinski definition) is 1. The van der Waals surface area contributed by atoms with Crippen LogP contribution >= 0.6 is 0 Å². The third kappa shape index (κ3) is 5.41. The van der Waals surface area contributed by atoms with Gasteiger partial charge in [-0.3, -0.25) is 4.79 Å². The van der Waals surface area contributed by atoms with Crippen molar-refractivity contribution in [2.45, 2.75) is 64.3 Å². The van der Waals surface area contributed by atoms with E-state index in [1.165, 1.54) is 24.8 Å². The van der Waals surface area contributed by atoms with Crippen LogP contribution in [0.2, 0.25) is 0 Å². The number of nitrogens with zero attached hydrogens (tertiary/aromatic N) is 2. The molecule has 0 aliphatic heterocycles. The average Bonchev–Trinajstić information content (AvgIpc) is 3.03. The van der Waals surface area contributed by atoms with Crippen LogP contribution in [0.5, 0.6) is 0 Å². The lowest BCUT2D eigenvalue weighted by Crippen LogP contribution is -2.42. The average molecular weight is 341 g/mol. The van der Waals surface area contributed by atoms with Gasteiger partial charge >= 0.3 is 0 Å². The van der Waals surface area contributed by atoms with Crippen molar-refractivity contribution in [1.82, 2.24) is 15.5 Å². The lowest BCUT2D eigenvalue weighted by atomic mass is 9.80. The van der Waals surface area contributed by atoms with E-state index in [0.29, 0.717) is 36.5 Å². The first kappa shape index (κ1) is 17.6. The molecule has 0 saturated heterocycles. The molecule has 1 amide bonds. The minimum Gasteiger partial charge on any atom is -0.353 e. The Morgan fingerprint density at radius 3 is 2.80 bits per heavy atom. The number of aryl methyl sites for hydroxylation is 2. The maximum absolute atomic E-state index is 12.3. The number of benzene rings is 1. The number of carbonyl (C=O) groups excluding carboxylic acids is 1. The van der Waals surface area contributed by atoms with E-state index in [2.05, 4.69) is 45.8 Å². The number of hydrogen-bond acceptors (Lipinski definition) is 4. The lowest BCUT2D eigenvalue weighted by Gasteiger charge is -2.32. The van der Waals surface area contributed by atoms with Gasteiger partial charge in [-0.15, -0.1) is 0 Å². The Kier molecular flexibility index (Phi) is 6.20. The van der Waals surface area contributed by atoms with Crippen LogP contribution in [0.1, 0.15) is 55.8 Å². The van der Waals surface area contributed by atoms with E-state index in [1.54, 1.807) is 6.92 Å². The van der Waals surface area contributed by atoms with E-state index in [9.17, 15) is 4.79 Å². The van der Waals surface area contributed by atoms with Gasteiger partial charge in [0.15, 0.2) is 5.82 Å². The van der Waals surface area contributed by atoms with Gasteiger partial charge in [0.05, 0.1) is 0 Å². The third-order valence-electron chi connectivity index (χ3n) is 4.96. The number of nitrogens with one attached hydrogen (secondary N) is 1. The van der Waals surface area contributed by atoms with Crippen molar-refractivity contribution in [3.8, 4) is 0 Å². The fourth-order valence-corrected chi connectivity index (χ4v) is 3.68. The zero-order chi connectivity index (χ0) is 17.5. The van der Waals surface area contributed by atoms with Crippen molar-refractivity contribution in [3.05, 3.63) is 47.6 Å². The van der Waals surface area contributed by atoms with Gasteiger partial charge in [-0.2, -0.15) is 4.98 Å². The fraction of sp³-hybridized carbons (Fsp3) is 0.550. The molecular formula is C20H27N3O2. The molecular weight excluding hydrogens is 314 g/mol. The summed E-state index contributed by atoms with van der Waals surface area (Å²) < 4.78 is 5.09. The molecule has 1 aromatic carbocycles. The van der Waals surface area contributed by atoms with Crippen molar-refractivity contribution in [2.75, 3.05) is 0 Å². The van der Waals surface area contributed by atoms with Crippen LogP contribution in [0.15, 0.2) is 34.9 Å². The molecule has 134 valence electrons. The van der Waals surface area contributed by atoms with Gasteiger partial charge in [-0.05, 0) is 44.1 Å². The first-order chi connectivity index (χ1) is 12.2. The second-order valence-corrected chi connectivity index (χ2v) is 7.00. The summed E-state index contributed by atoms with van der Waals surface area (Å²) in [6, 6.07) is 10.9. The van der Waals surface area contributed by atoms with Crippen molar-refractivity contribution < 1.29 is 9.32 Å². The molecule has 1 aliphatic carbocycles. The quantitative estimate of drug-likeness (QED) is 0.835. The van der Waals surface area contributed by atoms with Gasteiger partial charge in [0.1, 0.15) is 0 Å². The molecule has 1 saturated carbocycles. The molecule has 2 atom stereocenters. The number of rotatable bonds is 7. The summed E-state index contributed by atoms with van der Waals surface area (Å²) in [4.78, 5) is 16.5.